The van der Waals surface area contributed by atoms with Gasteiger partial charge in [0.25, 0.3) is 0 Å². The Balaban J connectivity index is 1.98. The number of aliphatic hydroxyl groups excluding tert-OH is 4. The third kappa shape index (κ3) is 3.99. The SMILES string of the molecule is C=C(C)[C@H]1CC=C(C(=O)O[C@@H]2O[C@H](CO)[C@@H](O)[C@H](O)[C@H]2O)CC1. The summed E-state index contributed by atoms with van der Waals surface area (Å²) in [5, 5.41) is 38.3. The molecule has 1 heterocycles. The Labute approximate surface area is 134 Å². The van der Waals surface area contributed by atoms with Crippen molar-refractivity contribution in [3.8, 4) is 0 Å². The first-order chi connectivity index (χ1) is 10.8. The summed E-state index contributed by atoms with van der Waals surface area (Å²) in [6.45, 7) is 5.30. The van der Waals surface area contributed by atoms with E-state index in [2.05, 4.69) is 6.58 Å². The van der Waals surface area contributed by atoms with Gasteiger partial charge in [0.05, 0.1) is 6.61 Å². The molecule has 0 amide bonds. The van der Waals surface area contributed by atoms with Crippen molar-refractivity contribution in [2.75, 3.05) is 6.61 Å². The van der Waals surface area contributed by atoms with E-state index >= 15 is 0 Å². The summed E-state index contributed by atoms with van der Waals surface area (Å²) < 4.78 is 10.3. The van der Waals surface area contributed by atoms with E-state index in [1.165, 1.54) is 0 Å². The molecule has 0 radical (unpaired) electrons. The van der Waals surface area contributed by atoms with Gasteiger partial charge in [-0.05, 0) is 32.1 Å². The smallest absolute Gasteiger partial charge is 0.336 e. The Hall–Kier alpha value is -1.25. The van der Waals surface area contributed by atoms with Gasteiger partial charge in [0, 0.05) is 5.57 Å². The molecular weight excluding hydrogens is 304 g/mol. The van der Waals surface area contributed by atoms with Gasteiger partial charge in [-0.1, -0.05) is 18.2 Å². The predicted octanol–water partition coefficient (Wildman–Crippen LogP) is -0.368. The molecular formula is C16H24O7. The Kier molecular flexibility index (Phi) is 5.94. The fraction of sp³-hybridized carbons (Fsp3) is 0.688. The van der Waals surface area contributed by atoms with Crippen molar-refractivity contribution in [3.63, 3.8) is 0 Å². The number of carbonyl (C=O) groups excluding carboxylic acids is 1. The lowest BCUT2D eigenvalue weighted by atomic mass is 9.85. The molecule has 0 bridgehead atoms. The molecule has 1 fully saturated rings. The maximum absolute atomic E-state index is 12.2. The van der Waals surface area contributed by atoms with Gasteiger partial charge in [0.2, 0.25) is 6.29 Å². The van der Waals surface area contributed by atoms with Crippen molar-refractivity contribution in [1.82, 2.24) is 0 Å². The van der Waals surface area contributed by atoms with Crippen LogP contribution in [0.5, 0.6) is 0 Å². The third-order valence-electron chi connectivity index (χ3n) is 4.44. The molecule has 0 aromatic heterocycles. The van der Waals surface area contributed by atoms with Crippen LogP contribution in [0.15, 0.2) is 23.8 Å². The summed E-state index contributed by atoms with van der Waals surface area (Å²) in [4.78, 5) is 12.2. The maximum Gasteiger partial charge on any atom is 0.336 e. The van der Waals surface area contributed by atoms with Crippen LogP contribution in [0.25, 0.3) is 0 Å². The van der Waals surface area contributed by atoms with E-state index in [0.717, 1.165) is 12.0 Å². The van der Waals surface area contributed by atoms with Crippen LogP contribution in [0.3, 0.4) is 0 Å². The molecule has 0 spiro atoms. The number of allylic oxidation sites excluding steroid dienone is 2. The van der Waals surface area contributed by atoms with Crippen LogP contribution in [-0.4, -0.2) is 63.7 Å². The van der Waals surface area contributed by atoms with Crippen LogP contribution >= 0.6 is 0 Å². The molecule has 0 aromatic rings. The number of hydrogen-bond donors (Lipinski definition) is 4. The van der Waals surface area contributed by atoms with Gasteiger partial charge in [0.1, 0.15) is 24.4 Å². The highest BCUT2D eigenvalue weighted by atomic mass is 16.7. The van der Waals surface area contributed by atoms with Crippen molar-refractivity contribution in [1.29, 1.82) is 0 Å². The molecule has 2 rings (SSSR count). The molecule has 1 aliphatic carbocycles. The quantitative estimate of drug-likeness (QED) is 0.411. The molecule has 1 aliphatic heterocycles. The molecule has 1 saturated heterocycles. The monoisotopic (exact) mass is 328 g/mol. The third-order valence-corrected chi connectivity index (χ3v) is 4.44. The van der Waals surface area contributed by atoms with Gasteiger partial charge in [-0.25, -0.2) is 4.79 Å². The Bertz CT molecular complexity index is 485. The number of rotatable bonds is 4. The standard InChI is InChI=1S/C16H24O7/c1-8(2)9-3-5-10(6-4-9)15(21)23-16-14(20)13(19)12(18)11(7-17)22-16/h5,9,11-14,16-20H,1,3-4,6-7H2,2H3/t9-,11+,12+,13-,14+,16-/m0/s1. The van der Waals surface area contributed by atoms with Crippen molar-refractivity contribution in [2.45, 2.75) is 56.9 Å². The zero-order valence-electron chi connectivity index (χ0n) is 13.1. The summed E-state index contributed by atoms with van der Waals surface area (Å²) >= 11 is 0. The van der Waals surface area contributed by atoms with E-state index in [1.54, 1.807) is 6.08 Å². The van der Waals surface area contributed by atoms with E-state index in [0.29, 0.717) is 24.3 Å². The van der Waals surface area contributed by atoms with E-state index in [9.17, 15) is 20.1 Å². The average molecular weight is 328 g/mol. The lowest BCUT2D eigenvalue weighted by Gasteiger charge is -2.39. The van der Waals surface area contributed by atoms with Crippen LogP contribution in [-0.2, 0) is 14.3 Å². The first kappa shape index (κ1) is 18.1. The molecule has 4 N–H and O–H groups in total. The van der Waals surface area contributed by atoms with Crippen molar-refractivity contribution in [2.24, 2.45) is 5.92 Å². The van der Waals surface area contributed by atoms with Crippen molar-refractivity contribution >= 4 is 5.97 Å². The number of aliphatic hydroxyl groups is 4. The van der Waals surface area contributed by atoms with Gasteiger partial charge in [-0.2, -0.15) is 0 Å². The van der Waals surface area contributed by atoms with Gasteiger partial charge in [0.15, 0.2) is 0 Å². The largest absolute Gasteiger partial charge is 0.429 e. The van der Waals surface area contributed by atoms with Gasteiger partial charge in [-0.15, -0.1) is 0 Å². The first-order valence-corrected chi connectivity index (χ1v) is 7.71. The highest BCUT2D eigenvalue weighted by Crippen LogP contribution is 2.30. The minimum Gasteiger partial charge on any atom is -0.429 e. The van der Waals surface area contributed by atoms with Crippen LogP contribution in [0.4, 0.5) is 0 Å². The summed E-state index contributed by atoms with van der Waals surface area (Å²) in [5.41, 5.74) is 1.56. The number of carbonyl (C=O) groups is 1. The fourth-order valence-corrected chi connectivity index (χ4v) is 2.81. The molecule has 0 saturated carbocycles. The topological polar surface area (TPSA) is 116 Å². The van der Waals surface area contributed by atoms with Gasteiger partial charge >= 0.3 is 5.97 Å². The summed E-state index contributed by atoms with van der Waals surface area (Å²) in [7, 11) is 0. The van der Waals surface area contributed by atoms with Crippen molar-refractivity contribution in [3.05, 3.63) is 23.8 Å². The van der Waals surface area contributed by atoms with E-state index in [4.69, 9.17) is 14.6 Å². The molecule has 2 aliphatic rings. The van der Waals surface area contributed by atoms with Gasteiger partial charge in [-0.3, -0.25) is 0 Å². The summed E-state index contributed by atoms with van der Waals surface area (Å²) in [6, 6.07) is 0. The van der Waals surface area contributed by atoms with E-state index in [-0.39, 0.29) is 0 Å². The normalized spacial score (nSPS) is 37.9. The van der Waals surface area contributed by atoms with Crippen LogP contribution < -0.4 is 0 Å². The molecule has 6 atom stereocenters. The highest BCUT2D eigenvalue weighted by Gasteiger charge is 2.45. The van der Waals surface area contributed by atoms with Crippen LogP contribution in [0, 0.1) is 5.92 Å². The lowest BCUT2D eigenvalue weighted by molar-refractivity contribution is -0.291. The Morgan fingerprint density at radius 1 is 1.35 bits per heavy atom. The number of ether oxygens (including phenoxy) is 2. The molecule has 7 nitrogen and oxygen atoms in total. The highest BCUT2D eigenvalue weighted by molar-refractivity contribution is 5.88. The molecule has 0 aromatic carbocycles. The number of esters is 1. The molecule has 7 heteroatoms. The molecule has 0 unspecified atom stereocenters. The van der Waals surface area contributed by atoms with E-state index in [1.807, 2.05) is 6.92 Å². The second kappa shape index (κ2) is 7.55. The van der Waals surface area contributed by atoms with Crippen molar-refractivity contribution < 1.29 is 34.7 Å². The van der Waals surface area contributed by atoms with Crippen LogP contribution in [0.2, 0.25) is 0 Å². The fourth-order valence-electron chi connectivity index (χ4n) is 2.81. The Morgan fingerprint density at radius 3 is 2.57 bits per heavy atom. The zero-order chi connectivity index (χ0) is 17.1. The Morgan fingerprint density at radius 2 is 2.04 bits per heavy atom. The summed E-state index contributed by atoms with van der Waals surface area (Å²) in [5.74, 6) is -0.284. The minimum absolute atomic E-state index is 0.346. The molecule has 23 heavy (non-hydrogen) atoms. The second-order valence-corrected chi connectivity index (χ2v) is 6.15. The predicted molar refractivity (Wildman–Crippen MR) is 80.1 cm³/mol. The van der Waals surface area contributed by atoms with E-state index < -0.39 is 43.3 Å². The average Bonchev–Trinajstić information content (AvgIpc) is 2.55. The van der Waals surface area contributed by atoms with Crippen LogP contribution in [0.1, 0.15) is 26.2 Å². The molecule has 130 valence electrons. The maximum atomic E-state index is 12.2. The van der Waals surface area contributed by atoms with Gasteiger partial charge < -0.3 is 29.9 Å². The second-order valence-electron chi connectivity index (χ2n) is 6.15. The zero-order valence-corrected chi connectivity index (χ0v) is 13.1. The number of hydrogen-bond acceptors (Lipinski definition) is 7. The summed E-state index contributed by atoms with van der Waals surface area (Å²) in [6.07, 6.45) is -3.33. The lowest BCUT2D eigenvalue weighted by Crippen LogP contribution is -2.59. The minimum atomic E-state index is -1.58. The first-order valence-electron chi connectivity index (χ1n) is 7.71.